The van der Waals surface area contributed by atoms with Crippen LogP contribution in [-0.2, 0) is 4.79 Å². The van der Waals surface area contributed by atoms with Crippen molar-refractivity contribution >= 4 is 11.6 Å². The molecule has 6 nitrogen and oxygen atoms in total. The largest absolute Gasteiger partial charge is 0.342 e. The molecule has 2 atom stereocenters. The zero-order valence-corrected chi connectivity index (χ0v) is 15.8. The number of hydrogen-bond acceptors (Lipinski definition) is 4. The standard InChI is InChI=1S/C21H29N5O/c22-19-15-4-3-5-16(19)13-17(12-15)21(27)25-10-7-14(8-11-25)20-24-23-18-6-1-2-9-26(18)20/h1-2,6,9,14-17,19H,3-5,7-8,10-13,22H2. The molecule has 2 unspecified atom stereocenters. The zero-order valence-electron chi connectivity index (χ0n) is 15.8. The van der Waals surface area contributed by atoms with Crippen LogP contribution in [0, 0.1) is 17.8 Å². The summed E-state index contributed by atoms with van der Waals surface area (Å²) in [6, 6.07) is 6.32. The molecule has 0 radical (unpaired) electrons. The van der Waals surface area contributed by atoms with E-state index < -0.39 is 0 Å². The van der Waals surface area contributed by atoms with Crippen LogP contribution in [0.1, 0.15) is 56.7 Å². The second-order valence-corrected chi connectivity index (χ2v) is 8.78. The average Bonchev–Trinajstić information content (AvgIpc) is 3.11. The second kappa shape index (κ2) is 6.89. The van der Waals surface area contributed by atoms with Crippen molar-refractivity contribution in [3.8, 4) is 0 Å². The fourth-order valence-electron chi connectivity index (χ4n) is 5.75. The van der Waals surface area contributed by atoms with Crippen LogP contribution in [0.25, 0.3) is 5.65 Å². The summed E-state index contributed by atoms with van der Waals surface area (Å²) in [4.78, 5) is 15.3. The summed E-state index contributed by atoms with van der Waals surface area (Å²) in [6.45, 7) is 1.67. The van der Waals surface area contributed by atoms with Crippen LogP contribution in [-0.4, -0.2) is 44.5 Å². The normalized spacial score (nSPS) is 32.0. The van der Waals surface area contributed by atoms with E-state index in [4.69, 9.17) is 5.73 Å². The molecule has 2 saturated carbocycles. The van der Waals surface area contributed by atoms with Gasteiger partial charge in [0.1, 0.15) is 5.82 Å². The number of rotatable bonds is 2. The number of aromatic nitrogens is 3. The number of nitrogens with two attached hydrogens (primary N) is 1. The molecule has 2 aliphatic carbocycles. The zero-order chi connectivity index (χ0) is 18.4. The molecule has 2 aromatic rings. The van der Waals surface area contributed by atoms with Gasteiger partial charge in [-0.1, -0.05) is 12.5 Å². The molecule has 3 fully saturated rings. The van der Waals surface area contributed by atoms with Gasteiger partial charge in [0.15, 0.2) is 5.65 Å². The summed E-state index contributed by atoms with van der Waals surface area (Å²) in [6.07, 6.45) is 9.71. The third-order valence-corrected chi connectivity index (χ3v) is 7.27. The van der Waals surface area contributed by atoms with E-state index in [-0.39, 0.29) is 5.92 Å². The van der Waals surface area contributed by atoms with Crippen molar-refractivity contribution in [1.29, 1.82) is 0 Å². The Kier molecular flexibility index (Phi) is 4.38. The third kappa shape index (κ3) is 3.04. The van der Waals surface area contributed by atoms with E-state index in [2.05, 4.69) is 19.5 Å². The molecule has 2 aromatic heterocycles. The number of amides is 1. The second-order valence-electron chi connectivity index (χ2n) is 8.78. The molecular formula is C21H29N5O. The lowest BCUT2D eigenvalue weighted by atomic mass is 9.65. The Morgan fingerprint density at radius 2 is 1.78 bits per heavy atom. The SMILES string of the molecule is NC1C2CCCC1CC(C(=O)N1CCC(c3nnc4ccccn34)CC1)C2. The first-order chi connectivity index (χ1) is 13.2. The van der Waals surface area contributed by atoms with Crippen LogP contribution in [0.15, 0.2) is 24.4 Å². The van der Waals surface area contributed by atoms with Gasteiger partial charge in [-0.15, -0.1) is 10.2 Å². The highest BCUT2D eigenvalue weighted by Crippen LogP contribution is 2.42. The highest BCUT2D eigenvalue weighted by atomic mass is 16.2. The minimum absolute atomic E-state index is 0.200. The molecule has 1 saturated heterocycles. The minimum atomic E-state index is 0.200. The van der Waals surface area contributed by atoms with Gasteiger partial charge in [-0.05, 0) is 62.5 Å². The molecule has 1 amide bonds. The number of hydrogen-bond donors (Lipinski definition) is 1. The molecule has 3 heterocycles. The van der Waals surface area contributed by atoms with Gasteiger partial charge < -0.3 is 10.6 Å². The number of carbonyl (C=O) groups excluding carboxylic acids is 1. The van der Waals surface area contributed by atoms with Crippen molar-refractivity contribution in [3.05, 3.63) is 30.2 Å². The van der Waals surface area contributed by atoms with Crippen LogP contribution >= 0.6 is 0 Å². The van der Waals surface area contributed by atoms with Crippen LogP contribution in [0.4, 0.5) is 0 Å². The number of nitrogens with zero attached hydrogens (tertiary/aromatic N) is 4. The summed E-state index contributed by atoms with van der Waals surface area (Å²) >= 11 is 0. The van der Waals surface area contributed by atoms with Gasteiger partial charge in [0.25, 0.3) is 0 Å². The van der Waals surface area contributed by atoms with Gasteiger partial charge in [0, 0.05) is 37.2 Å². The van der Waals surface area contributed by atoms with E-state index in [0.29, 0.717) is 29.7 Å². The molecule has 0 aromatic carbocycles. The Morgan fingerprint density at radius 1 is 1.04 bits per heavy atom. The summed E-state index contributed by atoms with van der Waals surface area (Å²) < 4.78 is 2.09. The molecule has 2 bridgehead atoms. The number of fused-ring (bicyclic) bond motifs is 3. The first-order valence-corrected chi connectivity index (χ1v) is 10.5. The number of piperidine rings is 1. The van der Waals surface area contributed by atoms with Gasteiger partial charge in [-0.25, -0.2) is 0 Å². The first kappa shape index (κ1) is 17.2. The van der Waals surface area contributed by atoms with Crippen molar-refractivity contribution in [3.63, 3.8) is 0 Å². The highest BCUT2D eigenvalue weighted by Gasteiger charge is 2.42. The molecule has 27 heavy (non-hydrogen) atoms. The lowest BCUT2D eigenvalue weighted by Crippen LogP contribution is -2.50. The Bertz CT molecular complexity index is 811. The lowest BCUT2D eigenvalue weighted by molar-refractivity contribution is -0.139. The third-order valence-electron chi connectivity index (χ3n) is 7.27. The highest BCUT2D eigenvalue weighted by molar-refractivity contribution is 5.79. The monoisotopic (exact) mass is 367 g/mol. The summed E-state index contributed by atoms with van der Waals surface area (Å²) in [5.41, 5.74) is 7.30. The topological polar surface area (TPSA) is 76.5 Å². The fraction of sp³-hybridized carbons (Fsp3) is 0.667. The molecule has 6 heteroatoms. The molecule has 1 aliphatic heterocycles. The van der Waals surface area contributed by atoms with Crippen molar-refractivity contribution in [2.45, 2.75) is 56.9 Å². The maximum absolute atomic E-state index is 13.1. The lowest BCUT2D eigenvalue weighted by Gasteiger charge is -2.45. The van der Waals surface area contributed by atoms with Gasteiger partial charge in [0.2, 0.25) is 5.91 Å². The molecule has 2 N–H and O–H groups in total. The fourth-order valence-corrected chi connectivity index (χ4v) is 5.75. The predicted molar refractivity (Wildman–Crippen MR) is 103 cm³/mol. The Labute approximate surface area is 160 Å². The molecule has 0 spiro atoms. The van der Waals surface area contributed by atoms with Crippen molar-refractivity contribution < 1.29 is 4.79 Å². The maximum Gasteiger partial charge on any atom is 0.225 e. The van der Waals surface area contributed by atoms with E-state index >= 15 is 0 Å². The van der Waals surface area contributed by atoms with E-state index in [0.717, 1.165) is 50.2 Å². The van der Waals surface area contributed by atoms with Gasteiger partial charge >= 0.3 is 0 Å². The van der Waals surface area contributed by atoms with E-state index in [1.165, 1.54) is 19.3 Å². The van der Waals surface area contributed by atoms with Crippen LogP contribution in [0.2, 0.25) is 0 Å². The van der Waals surface area contributed by atoms with Crippen molar-refractivity contribution in [1.82, 2.24) is 19.5 Å². The average molecular weight is 367 g/mol. The first-order valence-electron chi connectivity index (χ1n) is 10.5. The summed E-state index contributed by atoms with van der Waals surface area (Å²) in [5.74, 6) is 3.12. The van der Waals surface area contributed by atoms with E-state index in [9.17, 15) is 4.79 Å². The van der Waals surface area contributed by atoms with Gasteiger partial charge in [-0.3, -0.25) is 9.20 Å². The maximum atomic E-state index is 13.1. The quantitative estimate of drug-likeness (QED) is 0.885. The molecule has 5 rings (SSSR count). The van der Waals surface area contributed by atoms with Gasteiger partial charge in [0.05, 0.1) is 0 Å². The van der Waals surface area contributed by atoms with Crippen molar-refractivity contribution in [2.75, 3.05) is 13.1 Å². The van der Waals surface area contributed by atoms with Crippen LogP contribution in [0.5, 0.6) is 0 Å². The number of likely N-dealkylation sites (tertiary alicyclic amines) is 1. The van der Waals surface area contributed by atoms with Crippen LogP contribution in [0.3, 0.4) is 0 Å². The van der Waals surface area contributed by atoms with Gasteiger partial charge in [-0.2, -0.15) is 0 Å². The van der Waals surface area contributed by atoms with E-state index in [1.807, 2.05) is 24.4 Å². The predicted octanol–water partition coefficient (Wildman–Crippen LogP) is 2.59. The minimum Gasteiger partial charge on any atom is -0.342 e. The van der Waals surface area contributed by atoms with Crippen molar-refractivity contribution in [2.24, 2.45) is 23.5 Å². The molecule has 144 valence electrons. The van der Waals surface area contributed by atoms with Crippen LogP contribution < -0.4 is 5.73 Å². The summed E-state index contributed by atoms with van der Waals surface area (Å²) in [7, 11) is 0. The summed E-state index contributed by atoms with van der Waals surface area (Å²) in [5, 5.41) is 8.70. The molecule has 3 aliphatic rings. The Morgan fingerprint density at radius 3 is 2.52 bits per heavy atom. The number of pyridine rings is 1. The smallest absolute Gasteiger partial charge is 0.225 e. The number of carbonyl (C=O) groups is 1. The Hall–Kier alpha value is -1.95. The molecular weight excluding hydrogens is 338 g/mol. The Balaban J connectivity index is 1.23. The van der Waals surface area contributed by atoms with E-state index in [1.54, 1.807) is 0 Å².